The molecule has 2 aromatic rings. The van der Waals surface area contributed by atoms with E-state index in [1.807, 2.05) is 13.8 Å². The first-order chi connectivity index (χ1) is 6.66. The van der Waals surface area contributed by atoms with E-state index in [0.717, 1.165) is 0 Å². The summed E-state index contributed by atoms with van der Waals surface area (Å²) in [4.78, 5) is 4.14. The minimum absolute atomic E-state index is 0.127. The third-order valence-corrected chi connectivity index (χ3v) is 1.73. The van der Waals surface area contributed by atoms with Gasteiger partial charge in [0.15, 0.2) is 5.75 Å². The van der Waals surface area contributed by atoms with Crippen LogP contribution in [0.15, 0.2) is 18.6 Å². The van der Waals surface area contributed by atoms with Crippen LogP contribution in [0.4, 0.5) is 0 Å². The van der Waals surface area contributed by atoms with Gasteiger partial charge in [-0.25, -0.2) is 9.50 Å². The molecule has 0 aromatic carbocycles. The zero-order chi connectivity index (χ0) is 10.1. The lowest BCUT2D eigenvalue weighted by Crippen LogP contribution is -2.08. The minimum atomic E-state index is 0.127. The molecular formula is C9H10BN3O. The molecule has 0 aliphatic carbocycles. The van der Waals surface area contributed by atoms with Crippen LogP contribution >= 0.6 is 0 Å². The Bertz CT molecular complexity index is 452. The predicted octanol–water partition coefficient (Wildman–Crippen LogP) is 0.310. The fourth-order valence-corrected chi connectivity index (χ4v) is 1.21. The van der Waals surface area contributed by atoms with Crippen molar-refractivity contribution in [3.63, 3.8) is 0 Å². The summed E-state index contributed by atoms with van der Waals surface area (Å²) in [5.41, 5.74) is 1.22. The lowest BCUT2D eigenvalue weighted by molar-refractivity contribution is 0.240. The molecule has 0 bridgehead atoms. The van der Waals surface area contributed by atoms with E-state index >= 15 is 0 Å². The van der Waals surface area contributed by atoms with Gasteiger partial charge in [-0.2, -0.15) is 5.10 Å². The molecule has 0 N–H and O–H groups in total. The third kappa shape index (κ3) is 1.57. The molecule has 0 saturated heterocycles. The molecule has 0 saturated carbocycles. The van der Waals surface area contributed by atoms with Crippen LogP contribution in [0.2, 0.25) is 0 Å². The smallest absolute Gasteiger partial charge is 0.156 e. The van der Waals surface area contributed by atoms with Crippen molar-refractivity contribution in [3.8, 4) is 5.75 Å². The Morgan fingerprint density at radius 2 is 2.21 bits per heavy atom. The van der Waals surface area contributed by atoms with E-state index in [9.17, 15) is 0 Å². The number of nitrogens with zero attached hydrogens (tertiary/aromatic N) is 3. The van der Waals surface area contributed by atoms with Crippen LogP contribution in [-0.2, 0) is 0 Å². The van der Waals surface area contributed by atoms with Gasteiger partial charge in [-0.1, -0.05) is 0 Å². The Morgan fingerprint density at radius 3 is 2.93 bits per heavy atom. The van der Waals surface area contributed by atoms with Crippen molar-refractivity contribution >= 4 is 19.0 Å². The monoisotopic (exact) mass is 187 g/mol. The van der Waals surface area contributed by atoms with E-state index < -0.39 is 0 Å². The van der Waals surface area contributed by atoms with Crippen LogP contribution in [-0.4, -0.2) is 28.5 Å². The highest BCUT2D eigenvalue weighted by atomic mass is 16.5. The summed E-state index contributed by atoms with van der Waals surface area (Å²) in [6, 6.07) is 0. The molecule has 0 amide bonds. The Labute approximate surface area is 83.3 Å². The summed E-state index contributed by atoms with van der Waals surface area (Å²) < 4.78 is 7.07. The summed E-state index contributed by atoms with van der Waals surface area (Å²) in [6.45, 7) is 3.92. The maximum Gasteiger partial charge on any atom is 0.156 e. The SMILES string of the molecule is [B]c1cnn2cc(OC(C)C)cnc12. The molecule has 0 aliphatic heterocycles. The first-order valence-corrected chi connectivity index (χ1v) is 4.42. The van der Waals surface area contributed by atoms with Gasteiger partial charge in [-0.3, -0.25) is 0 Å². The van der Waals surface area contributed by atoms with Crippen molar-refractivity contribution in [3.05, 3.63) is 18.6 Å². The molecule has 2 rings (SSSR count). The molecule has 0 fully saturated rings. The van der Waals surface area contributed by atoms with E-state index in [2.05, 4.69) is 10.1 Å². The van der Waals surface area contributed by atoms with Gasteiger partial charge < -0.3 is 4.74 Å². The lowest BCUT2D eigenvalue weighted by atomic mass is 10.0. The van der Waals surface area contributed by atoms with Crippen LogP contribution in [0.25, 0.3) is 5.65 Å². The molecule has 0 unspecified atom stereocenters. The maximum atomic E-state index is 5.64. The van der Waals surface area contributed by atoms with Crippen molar-refractivity contribution in [1.82, 2.24) is 14.6 Å². The summed E-state index contributed by atoms with van der Waals surface area (Å²) in [5, 5.41) is 4.04. The number of ether oxygens (including phenoxy) is 1. The molecule has 5 heteroatoms. The first kappa shape index (κ1) is 9.06. The molecule has 2 radical (unpaired) electrons. The van der Waals surface area contributed by atoms with Gasteiger partial charge >= 0.3 is 0 Å². The lowest BCUT2D eigenvalue weighted by Gasteiger charge is -2.08. The van der Waals surface area contributed by atoms with E-state index in [4.69, 9.17) is 12.6 Å². The highest BCUT2D eigenvalue weighted by molar-refractivity contribution is 6.36. The van der Waals surface area contributed by atoms with Gasteiger partial charge in [0, 0.05) is 6.20 Å². The van der Waals surface area contributed by atoms with Crippen LogP contribution in [0.1, 0.15) is 13.8 Å². The van der Waals surface area contributed by atoms with Gasteiger partial charge in [-0.05, 0) is 19.3 Å². The number of rotatable bonds is 2. The molecular weight excluding hydrogens is 177 g/mol. The minimum Gasteiger partial charge on any atom is -0.488 e. The van der Waals surface area contributed by atoms with E-state index in [1.54, 1.807) is 23.1 Å². The van der Waals surface area contributed by atoms with E-state index in [-0.39, 0.29) is 6.10 Å². The van der Waals surface area contributed by atoms with Crippen molar-refractivity contribution in [2.24, 2.45) is 0 Å². The molecule has 4 nitrogen and oxygen atoms in total. The Balaban J connectivity index is 2.42. The van der Waals surface area contributed by atoms with Gasteiger partial charge in [0.1, 0.15) is 13.5 Å². The molecule has 0 spiro atoms. The Morgan fingerprint density at radius 1 is 1.43 bits per heavy atom. The molecule has 70 valence electrons. The van der Waals surface area contributed by atoms with Gasteiger partial charge in [0.2, 0.25) is 0 Å². The number of fused-ring (bicyclic) bond motifs is 1. The van der Waals surface area contributed by atoms with Gasteiger partial charge in [0.05, 0.1) is 18.5 Å². The summed E-state index contributed by atoms with van der Waals surface area (Å²) in [7, 11) is 5.64. The molecule has 0 atom stereocenters. The number of hydrogen-bond donors (Lipinski definition) is 0. The zero-order valence-corrected chi connectivity index (χ0v) is 8.14. The van der Waals surface area contributed by atoms with Crippen LogP contribution in [0, 0.1) is 0 Å². The zero-order valence-electron chi connectivity index (χ0n) is 8.14. The van der Waals surface area contributed by atoms with Gasteiger partial charge in [-0.15, -0.1) is 0 Å². The second kappa shape index (κ2) is 3.33. The number of hydrogen-bond acceptors (Lipinski definition) is 3. The predicted molar refractivity (Wildman–Crippen MR) is 54.1 cm³/mol. The largest absolute Gasteiger partial charge is 0.488 e. The quantitative estimate of drug-likeness (QED) is 0.635. The Kier molecular flexibility index (Phi) is 2.15. The standard InChI is InChI=1S/C9H10BN3O/c1-6(2)14-7-3-11-9-8(10)4-12-13(9)5-7/h3-6H,1-2H3. The molecule has 0 aliphatic rings. The molecule has 2 heterocycles. The highest BCUT2D eigenvalue weighted by Gasteiger charge is 2.03. The van der Waals surface area contributed by atoms with Crippen molar-refractivity contribution < 1.29 is 4.74 Å². The summed E-state index contributed by atoms with van der Waals surface area (Å²) in [5.74, 6) is 0.690. The first-order valence-electron chi connectivity index (χ1n) is 4.42. The van der Waals surface area contributed by atoms with Crippen LogP contribution in [0.5, 0.6) is 5.75 Å². The van der Waals surface area contributed by atoms with Crippen LogP contribution in [0.3, 0.4) is 0 Å². The Hall–Kier alpha value is -1.52. The fraction of sp³-hybridized carbons (Fsp3) is 0.333. The summed E-state index contributed by atoms with van der Waals surface area (Å²) >= 11 is 0. The van der Waals surface area contributed by atoms with Gasteiger partial charge in [0.25, 0.3) is 0 Å². The average Bonchev–Trinajstić information content (AvgIpc) is 2.46. The second-order valence-corrected chi connectivity index (χ2v) is 3.32. The van der Waals surface area contributed by atoms with Crippen molar-refractivity contribution in [2.45, 2.75) is 20.0 Å². The second-order valence-electron chi connectivity index (χ2n) is 3.32. The number of aromatic nitrogens is 3. The van der Waals surface area contributed by atoms with Crippen molar-refractivity contribution in [1.29, 1.82) is 0 Å². The van der Waals surface area contributed by atoms with Crippen molar-refractivity contribution in [2.75, 3.05) is 0 Å². The molecule has 14 heavy (non-hydrogen) atoms. The molecule has 2 aromatic heterocycles. The highest BCUT2D eigenvalue weighted by Crippen LogP contribution is 2.10. The topological polar surface area (TPSA) is 39.4 Å². The fourth-order valence-electron chi connectivity index (χ4n) is 1.21. The van der Waals surface area contributed by atoms with E-state index in [0.29, 0.717) is 16.9 Å². The summed E-state index contributed by atoms with van der Waals surface area (Å²) in [6.07, 6.45) is 5.11. The van der Waals surface area contributed by atoms with E-state index in [1.165, 1.54) is 0 Å². The normalized spacial score (nSPS) is 11.1. The average molecular weight is 187 g/mol. The van der Waals surface area contributed by atoms with Crippen LogP contribution < -0.4 is 10.2 Å². The third-order valence-electron chi connectivity index (χ3n) is 1.73. The maximum absolute atomic E-state index is 5.64.